The van der Waals surface area contributed by atoms with E-state index in [4.69, 9.17) is 14.7 Å². The second-order valence-electron chi connectivity index (χ2n) is 5.92. The first-order valence-electron chi connectivity index (χ1n) is 8.51. The minimum atomic E-state index is -0.332. The highest BCUT2D eigenvalue weighted by Crippen LogP contribution is 2.32. The molecular formula is C20H15N5O3. The molecule has 8 heteroatoms. The van der Waals surface area contributed by atoms with Gasteiger partial charge in [0.25, 0.3) is 5.91 Å². The van der Waals surface area contributed by atoms with Crippen LogP contribution >= 0.6 is 0 Å². The number of amides is 1. The van der Waals surface area contributed by atoms with Crippen LogP contribution in [0.2, 0.25) is 0 Å². The van der Waals surface area contributed by atoms with Crippen molar-refractivity contribution in [2.24, 2.45) is 0 Å². The van der Waals surface area contributed by atoms with Gasteiger partial charge in [-0.2, -0.15) is 5.26 Å². The van der Waals surface area contributed by atoms with E-state index in [9.17, 15) is 4.79 Å². The Morgan fingerprint density at radius 1 is 0.964 bits per heavy atom. The third-order valence-corrected chi connectivity index (χ3v) is 3.98. The Labute approximate surface area is 160 Å². The van der Waals surface area contributed by atoms with Crippen molar-refractivity contribution >= 4 is 23.2 Å². The number of nitriles is 1. The molecule has 1 amide bonds. The molecule has 3 aromatic rings. The first-order valence-corrected chi connectivity index (χ1v) is 8.51. The van der Waals surface area contributed by atoms with Crippen LogP contribution in [0.25, 0.3) is 0 Å². The lowest BCUT2D eigenvalue weighted by Gasteiger charge is -2.19. The van der Waals surface area contributed by atoms with Gasteiger partial charge in [0.15, 0.2) is 11.5 Å². The molecule has 0 unspecified atom stereocenters. The Hall–Kier alpha value is -4.12. The Morgan fingerprint density at radius 3 is 2.36 bits per heavy atom. The summed E-state index contributed by atoms with van der Waals surface area (Å²) in [6.45, 7) is 0.991. The number of hydrogen-bond donors (Lipinski definition) is 2. The zero-order valence-corrected chi connectivity index (χ0v) is 14.7. The van der Waals surface area contributed by atoms with E-state index in [0.717, 1.165) is 5.69 Å². The van der Waals surface area contributed by atoms with E-state index >= 15 is 0 Å². The molecule has 0 saturated carbocycles. The number of fused-ring (bicyclic) bond motifs is 1. The fourth-order valence-electron chi connectivity index (χ4n) is 2.59. The molecule has 0 atom stereocenters. The number of benzene rings is 2. The van der Waals surface area contributed by atoms with Crippen molar-refractivity contribution < 1.29 is 14.3 Å². The lowest BCUT2D eigenvalue weighted by Crippen LogP contribution is -2.16. The topological polar surface area (TPSA) is 109 Å². The third-order valence-electron chi connectivity index (χ3n) is 3.98. The molecule has 1 aromatic heterocycles. The molecule has 4 rings (SSSR count). The van der Waals surface area contributed by atoms with Gasteiger partial charge in [-0.05, 0) is 36.4 Å². The van der Waals surface area contributed by atoms with E-state index in [1.807, 2.05) is 0 Å². The Balaban J connectivity index is 1.41. The largest absolute Gasteiger partial charge is 0.486 e. The summed E-state index contributed by atoms with van der Waals surface area (Å²) in [5.74, 6) is 1.27. The van der Waals surface area contributed by atoms with Crippen LogP contribution in [-0.2, 0) is 0 Å². The second kappa shape index (κ2) is 7.63. The Morgan fingerprint density at radius 2 is 1.64 bits per heavy atom. The first-order chi connectivity index (χ1) is 13.7. The number of nitrogens with one attached hydrogen (secondary N) is 2. The second-order valence-corrected chi connectivity index (χ2v) is 5.92. The zero-order valence-electron chi connectivity index (χ0n) is 14.7. The average molecular weight is 373 g/mol. The summed E-state index contributed by atoms with van der Waals surface area (Å²) < 4.78 is 11.0. The number of hydrogen-bond acceptors (Lipinski definition) is 7. The maximum Gasteiger partial charge on any atom is 0.258 e. The van der Waals surface area contributed by atoms with Gasteiger partial charge in [-0.1, -0.05) is 0 Å². The van der Waals surface area contributed by atoms with Crippen molar-refractivity contribution in [2.45, 2.75) is 0 Å². The summed E-state index contributed by atoms with van der Waals surface area (Å²) in [6, 6.07) is 14.2. The molecule has 0 aliphatic carbocycles. The minimum absolute atomic E-state index is 0.320. The predicted molar refractivity (Wildman–Crippen MR) is 102 cm³/mol. The van der Waals surface area contributed by atoms with E-state index in [0.29, 0.717) is 47.5 Å². The van der Waals surface area contributed by atoms with Crippen LogP contribution in [0, 0.1) is 11.3 Å². The predicted octanol–water partition coefficient (Wildman–Crippen LogP) is 3.12. The van der Waals surface area contributed by atoms with E-state index < -0.39 is 0 Å². The van der Waals surface area contributed by atoms with E-state index in [2.05, 4.69) is 26.7 Å². The highest BCUT2D eigenvalue weighted by Gasteiger charge is 2.14. The Kier molecular flexibility index (Phi) is 4.72. The van der Waals surface area contributed by atoms with Gasteiger partial charge >= 0.3 is 0 Å². The standard InChI is InChI=1S/C20H15N5O3/c21-10-13-1-3-15(4-2-13)25-20-22-11-14(12-23-20)19(26)24-16-5-6-17-18(9-16)28-8-7-27-17/h1-6,9,11-12H,7-8H2,(H,24,26)(H,22,23,25). The molecule has 2 N–H and O–H groups in total. The summed E-state index contributed by atoms with van der Waals surface area (Å²) in [5.41, 5.74) is 2.22. The van der Waals surface area contributed by atoms with Crippen molar-refractivity contribution in [1.29, 1.82) is 5.26 Å². The number of ether oxygens (including phenoxy) is 2. The van der Waals surface area contributed by atoms with Crippen molar-refractivity contribution in [3.63, 3.8) is 0 Å². The van der Waals surface area contributed by atoms with Crippen molar-refractivity contribution in [3.8, 4) is 17.6 Å². The van der Waals surface area contributed by atoms with Gasteiger partial charge in [0.1, 0.15) is 13.2 Å². The monoisotopic (exact) mass is 373 g/mol. The number of aromatic nitrogens is 2. The summed E-state index contributed by atoms with van der Waals surface area (Å²) >= 11 is 0. The van der Waals surface area contributed by atoms with Crippen LogP contribution in [0.5, 0.6) is 11.5 Å². The van der Waals surface area contributed by atoms with E-state index in [1.165, 1.54) is 12.4 Å². The third kappa shape index (κ3) is 3.83. The molecule has 0 fully saturated rings. The molecule has 2 heterocycles. The van der Waals surface area contributed by atoms with Crippen molar-refractivity contribution in [3.05, 3.63) is 66.0 Å². The molecule has 8 nitrogen and oxygen atoms in total. The number of anilines is 3. The smallest absolute Gasteiger partial charge is 0.258 e. The normalized spacial score (nSPS) is 12.0. The molecule has 1 aliphatic heterocycles. The van der Waals surface area contributed by atoms with Crippen molar-refractivity contribution in [1.82, 2.24) is 9.97 Å². The number of carbonyl (C=O) groups is 1. The lowest BCUT2D eigenvalue weighted by atomic mass is 10.2. The van der Waals surface area contributed by atoms with Gasteiger partial charge in [-0.15, -0.1) is 0 Å². The SMILES string of the molecule is N#Cc1ccc(Nc2ncc(C(=O)Nc3ccc4c(c3)OCCO4)cn2)cc1. The van der Waals surface area contributed by atoms with Crippen LogP contribution in [0.3, 0.4) is 0 Å². The summed E-state index contributed by atoms with van der Waals surface area (Å²) in [7, 11) is 0. The van der Waals surface area contributed by atoms with Crippen molar-refractivity contribution in [2.75, 3.05) is 23.8 Å². The van der Waals surface area contributed by atoms with Crippen LogP contribution in [0.15, 0.2) is 54.9 Å². The number of carbonyl (C=O) groups excluding carboxylic acids is 1. The molecule has 1 aliphatic rings. The molecule has 28 heavy (non-hydrogen) atoms. The quantitative estimate of drug-likeness (QED) is 0.723. The Bertz CT molecular complexity index is 1040. The fraction of sp³-hybridized carbons (Fsp3) is 0.100. The number of rotatable bonds is 4. The highest BCUT2D eigenvalue weighted by atomic mass is 16.6. The first kappa shape index (κ1) is 17.3. The summed E-state index contributed by atoms with van der Waals surface area (Å²) in [6.07, 6.45) is 2.87. The number of nitrogens with zero attached hydrogens (tertiary/aromatic N) is 3. The molecule has 2 aromatic carbocycles. The molecule has 0 radical (unpaired) electrons. The van der Waals surface area contributed by atoms with Gasteiger partial charge in [0, 0.05) is 29.8 Å². The highest BCUT2D eigenvalue weighted by molar-refractivity contribution is 6.04. The lowest BCUT2D eigenvalue weighted by molar-refractivity contribution is 0.102. The van der Waals surface area contributed by atoms with Gasteiger partial charge in [-0.3, -0.25) is 4.79 Å². The molecule has 0 spiro atoms. The summed E-state index contributed by atoms with van der Waals surface area (Å²) in [5, 5.41) is 14.6. The van der Waals surface area contributed by atoms with Gasteiger partial charge in [0.05, 0.1) is 17.2 Å². The van der Waals surface area contributed by atoms with Crippen LogP contribution in [-0.4, -0.2) is 29.1 Å². The van der Waals surface area contributed by atoms with Gasteiger partial charge < -0.3 is 20.1 Å². The van der Waals surface area contributed by atoms with E-state index in [-0.39, 0.29) is 5.91 Å². The fourth-order valence-corrected chi connectivity index (χ4v) is 2.59. The maximum atomic E-state index is 12.4. The van der Waals surface area contributed by atoms with Crippen LogP contribution in [0.4, 0.5) is 17.3 Å². The van der Waals surface area contributed by atoms with Crippen LogP contribution in [0.1, 0.15) is 15.9 Å². The molecule has 0 bridgehead atoms. The van der Waals surface area contributed by atoms with Gasteiger partial charge in [0.2, 0.25) is 5.95 Å². The zero-order chi connectivity index (χ0) is 19.3. The molecular weight excluding hydrogens is 358 g/mol. The van der Waals surface area contributed by atoms with Gasteiger partial charge in [-0.25, -0.2) is 9.97 Å². The summed E-state index contributed by atoms with van der Waals surface area (Å²) in [4.78, 5) is 20.7. The minimum Gasteiger partial charge on any atom is -0.486 e. The van der Waals surface area contributed by atoms with Crippen LogP contribution < -0.4 is 20.1 Å². The van der Waals surface area contributed by atoms with E-state index in [1.54, 1.807) is 42.5 Å². The average Bonchev–Trinajstić information content (AvgIpc) is 2.75. The molecule has 138 valence electrons. The molecule has 0 saturated heterocycles. The maximum absolute atomic E-state index is 12.4.